The summed E-state index contributed by atoms with van der Waals surface area (Å²) in [4.78, 5) is 9.84. The minimum Gasteiger partial charge on any atom is -0.501 e. The number of para-hydroxylation sites is 3. The molecular formula is C53H51IrN3OSi-2. The number of fused-ring (bicyclic) bond motifs is 4. The van der Waals surface area contributed by atoms with Gasteiger partial charge in [0.2, 0.25) is 0 Å². The topological polar surface area (TPSA) is 43.9 Å². The number of furan rings is 1. The maximum absolute atomic E-state index is 6.47. The molecule has 0 saturated carbocycles. The first-order chi connectivity index (χ1) is 27.9. The molecule has 0 aliphatic heterocycles. The number of pyridine rings is 1. The Morgan fingerprint density at radius 3 is 2.03 bits per heavy atom. The predicted molar refractivity (Wildman–Crippen MR) is 247 cm³/mol. The van der Waals surface area contributed by atoms with Gasteiger partial charge in [0.15, 0.2) is 0 Å². The number of nitrogens with zero attached hydrogens (tertiary/aromatic N) is 3. The van der Waals surface area contributed by atoms with Crippen LogP contribution in [-0.2, 0) is 20.1 Å². The number of hydrogen-bond acceptors (Lipinski definition) is 3. The fraction of sp³-hybridized carbons (Fsp3) is 0.208. The maximum Gasteiger partial charge on any atom is 0.120 e. The van der Waals surface area contributed by atoms with Gasteiger partial charge in [0.25, 0.3) is 0 Å². The second kappa shape index (κ2) is 17.1. The molecule has 4 nitrogen and oxygen atoms in total. The van der Waals surface area contributed by atoms with E-state index in [9.17, 15) is 0 Å². The van der Waals surface area contributed by atoms with Gasteiger partial charge in [-0.05, 0) is 82.2 Å². The number of rotatable bonds is 7. The third-order valence-electron chi connectivity index (χ3n) is 11.0. The Kier molecular flexibility index (Phi) is 12.1. The Bertz CT molecular complexity index is 2870. The quantitative estimate of drug-likeness (QED) is 0.118. The summed E-state index contributed by atoms with van der Waals surface area (Å²) in [5.41, 5.74) is 15.6. The average Bonchev–Trinajstić information content (AvgIpc) is 3.79. The van der Waals surface area contributed by atoms with E-state index < -0.39 is 8.07 Å². The molecule has 0 spiro atoms. The summed E-state index contributed by atoms with van der Waals surface area (Å²) in [6, 6.07) is 51.3. The minimum absolute atomic E-state index is 0. The van der Waals surface area contributed by atoms with E-state index in [1.165, 1.54) is 44.3 Å². The number of aromatic nitrogens is 3. The van der Waals surface area contributed by atoms with Crippen LogP contribution in [0, 0.1) is 26.0 Å². The summed E-state index contributed by atoms with van der Waals surface area (Å²) in [7, 11) is -1.28. The van der Waals surface area contributed by atoms with Crippen molar-refractivity contribution in [2.24, 2.45) is 0 Å². The third kappa shape index (κ3) is 8.27. The molecule has 299 valence electrons. The monoisotopic (exact) mass is 966 g/mol. The summed E-state index contributed by atoms with van der Waals surface area (Å²) in [6.07, 6.45) is 2.06. The van der Waals surface area contributed by atoms with Crippen LogP contribution in [-0.4, -0.2) is 22.6 Å². The van der Waals surface area contributed by atoms with Crippen LogP contribution in [0.4, 0.5) is 0 Å². The van der Waals surface area contributed by atoms with Crippen molar-refractivity contribution in [2.75, 3.05) is 0 Å². The number of benzene rings is 6. The van der Waals surface area contributed by atoms with Gasteiger partial charge < -0.3 is 14.0 Å². The Morgan fingerprint density at radius 1 is 0.695 bits per heavy atom. The molecular weight excluding hydrogens is 915 g/mol. The van der Waals surface area contributed by atoms with E-state index in [4.69, 9.17) is 9.40 Å². The summed E-state index contributed by atoms with van der Waals surface area (Å²) in [5, 5.41) is 3.63. The molecule has 0 atom stereocenters. The first kappa shape index (κ1) is 41.8. The largest absolute Gasteiger partial charge is 0.501 e. The zero-order chi connectivity index (χ0) is 40.7. The molecule has 6 aromatic carbocycles. The van der Waals surface area contributed by atoms with Crippen molar-refractivity contribution >= 4 is 46.2 Å². The van der Waals surface area contributed by atoms with Crippen LogP contribution in [0.1, 0.15) is 61.8 Å². The van der Waals surface area contributed by atoms with Crippen LogP contribution in [0.15, 0.2) is 138 Å². The van der Waals surface area contributed by atoms with Gasteiger partial charge >= 0.3 is 0 Å². The minimum atomic E-state index is -1.28. The van der Waals surface area contributed by atoms with E-state index in [1.54, 1.807) is 0 Å². The summed E-state index contributed by atoms with van der Waals surface area (Å²) < 4.78 is 8.83. The molecule has 0 amide bonds. The van der Waals surface area contributed by atoms with Gasteiger partial charge in [0, 0.05) is 37.4 Å². The first-order valence-corrected chi connectivity index (χ1v) is 23.9. The van der Waals surface area contributed by atoms with Gasteiger partial charge in [-0.1, -0.05) is 138 Å². The third-order valence-corrected chi connectivity index (χ3v) is 13.2. The normalized spacial score (nSPS) is 11.6. The number of imidazole rings is 1. The molecule has 0 fully saturated rings. The molecule has 0 aliphatic carbocycles. The van der Waals surface area contributed by atoms with Gasteiger partial charge in [-0.25, -0.2) is 0 Å². The van der Waals surface area contributed by atoms with Crippen molar-refractivity contribution in [3.8, 4) is 39.5 Å². The zero-order valence-corrected chi connectivity index (χ0v) is 38.8. The van der Waals surface area contributed by atoms with Crippen molar-refractivity contribution in [3.63, 3.8) is 0 Å². The van der Waals surface area contributed by atoms with Gasteiger partial charge in [-0.2, -0.15) is 0 Å². The van der Waals surface area contributed by atoms with Crippen molar-refractivity contribution in [2.45, 2.75) is 73.0 Å². The van der Waals surface area contributed by atoms with E-state index >= 15 is 0 Å². The van der Waals surface area contributed by atoms with E-state index in [0.717, 1.165) is 55.6 Å². The standard InChI is InChI=1S/C37H31N2O.C16H20NSi.Ir/c1-23(2)30-21-26(25-13-6-5-7-14-25)22-31(24(3)4)35(30)39-33-19-10-9-18-32(33)38-37(39)29-17-12-16-28-27-15-8-11-20-34(27)40-36(28)29;1-12-6-8-14(9-7-12)15-10-13(2)16(11-17-15)18(3,4)5;/h5-16,18-24H,1-4H3;6-8,10-11H,1-5H3;/q2*-1;. The fourth-order valence-electron chi connectivity index (χ4n) is 8.04. The molecule has 3 aromatic heterocycles. The van der Waals surface area contributed by atoms with E-state index in [0.29, 0.717) is 11.8 Å². The fourth-order valence-corrected chi connectivity index (χ4v) is 9.75. The Hall–Kier alpha value is -5.39. The molecule has 0 saturated heterocycles. The van der Waals surface area contributed by atoms with Crippen LogP contribution in [0.2, 0.25) is 19.6 Å². The number of aryl methyl sites for hydroxylation is 2. The molecule has 59 heavy (non-hydrogen) atoms. The Balaban J connectivity index is 0.000000234. The molecule has 0 N–H and O–H groups in total. The predicted octanol–water partition coefficient (Wildman–Crippen LogP) is 14.0. The molecule has 0 unspecified atom stereocenters. The van der Waals surface area contributed by atoms with E-state index in [1.807, 2.05) is 24.3 Å². The van der Waals surface area contributed by atoms with Gasteiger partial charge in [0.05, 0.1) is 30.5 Å². The van der Waals surface area contributed by atoms with Crippen LogP contribution in [0.5, 0.6) is 0 Å². The Morgan fingerprint density at radius 2 is 1.37 bits per heavy atom. The molecule has 9 aromatic rings. The Labute approximate surface area is 363 Å². The van der Waals surface area contributed by atoms with Crippen molar-refractivity contribution < 1.29 is 24.5 Å². The first-order valence-electron chi connectivity index (χ1n) is 20.4. The zero-order valence-electron chi connectivity index (χ0n) is 35.4. The summed E-state index contributed by atoms with van der Waals surface area (Å²) >= 11 is 0. The molecule has 9 rings (SSSR count). The van der Waals surface area contributed by atoms with E-state index in [-0.39, 0.29) is 20.1 Å². The maximum atomic E-state index is 6.47. The summed E-state index contributed by atoms with van der Waals surface area (Å²) in [6.45, 7) is 20.5. The second-order valence-corrected chi connectivity index (χ2v) is 22.1. The average molecular weight is 966 g/mol. The van der Waals surface area contributed by atoms with Gasteiger partial charge in [-0.3, -0.25) is 4.98 Å². The van der Waals surface area contributed by atoms with Crippen LogP contribution in [0.3, 0.4) is 0 Å². The van der Waals surface area contributed by atoms with Gasteiger partial charge in [-0.15, -0.1) is 53.6 Å². The van der Waals surface area contributed by atoms with Crippen LogP contribution in [0.25, 0.3) is 72.4 Å². The van der Waals surface area contributed by atoms with E-state index in [2.05, 4.69) is 192 Å². The SMILES string of the molecule is CC(C)c1cc(-c2ccccc2)cc(C(C)C)c1-n1c(-c2[c-]ccc3c2oc2ccccc23)nc2ccccc21.Cc1c[c-]c(-c2cc(C)c([Si](C)(C)C)cn2)cc1.[Ir]. The second-order valence-electron chi connectivity index (χ2n) is 17.0. The van der Waals surface area contributed by atoms with Crippen molar-refractivity contribution in [1.29, 1.82) is 0 Å². The number of hydrogen-bond donors (Lipinski definition) is 0. The van der Waals surface area contributed by atoms with Crippen molar-refractivity contribution in [1.82, 2.24) is 14.5 Å². The molecule has 6 heteroatoms. The van der Waals surface area contributed by atoms with Crippen molar-refractivity contribution in [3.05, 3.63) is 168 Å². The molecule has 0 bridgehead atoms. The summed E-state index contributed by atoms with van der Waals surface area (Å²) in [5.74, 6) is 1.45. The molecule has 0 aliphatic rings. The molecule has 3 heterocycles. The van der Waals surface area contributed by atoms with Crippen LogP contribution >= 0.6 is 0 Å². The smallest absolute Gasteiger partial charge is 0.120 e. The van der Waals surface area contributed by atoms with Crippen LogP contribution < -0.4 is 5.19 Å². The van der Waals surface area contributed by atoms with Gasteiger partial charge in [0.1, 0.15) is 5.58 Å². The molecule has 1 radical (unpaired) electrons.